The van der Waals surface area contributed by atoms with E-state index >= 15 is 0 Å². The molecule has 0 aromatic carbocycles. The Balaban J connectivity index is 3.82. The van der Waals surface area contributed by atoms with E-state index in [-0.39, 0.29) is 5.90 Å². The summed E-state index contributed by atoms with van der Waals surface area (Å²) in [5.74, 6) is -2.05. The Kier molecular flexibility index (Phi) is 3.46. The average molecular weight is 145 g/mol. The van der Waals surface area contributed by atoms with Crippen LogP contribution in [0.4, 0.5) is 0 Å². The van der Waals surface area contributed by atoms with E-state index in [1.807, 2.05) is 0 Å². The zero-order valence-corrected chi connectivity index (χ0v) is 6.05. The van der Waals surface area contributed by atoms with Gasteiger partial charge in [0, 0.05) is 0 Å². The summed E-state index contributed by atoms with van der Waals surface area (Å²) in [7, 11) is 0. The lowest BCUT2D eigenvalue weighted by atomic mass is 10.2. The highest BCUT2D eigenvalue weighted by molar-refractivity contribution is 5.94. The first-order chi connectivity index (χ1) is 4.59. The predicted molar refractivity (Wildman–Crippen MR) is 36.2 cm³/mol. The second-order valence-corrected chi connectivity index (χ2v) is 1.86. The lowest BCUT2D eigenvalue weighted by Crippen LogP contribution is -2.21. The van der Waals surface area contributed by atoms with Crippen molar-refractivity contribution in [2.75, 3.05) is 6.61 Å². The lowest BCUT2D eigenvalue weighted by molar-refractivity contribution is -0.139. The van der Waals surface area contributed by atoms with Crippen LogP contribution in [0.5, 0.6) is 0 Å². The van der Waals surface area contributed by atoms with Crippen LogP contribution in [0.25, 0.3) is 0 Å². The van der Waals surface area contributed by atoms with Crippen LogP contribution in [0.3, 0.4) is 0 Å². The van der Waals surface area contributed by atoms with Gasteiger partial charge in [0.25, 0.3) is 0 Å². The van der Waals surface area contributed by atoms with Crippen LogP contribution in [-0.2, 0) is 9.53 Å². The van der Waals surface area contributed by atoms with Gasteiger partial charge in [-0.1, -0.05) is 0 Å². The first-order valence-electron chi connectivity index (χ1n) is 3.03. The van der Waals surface area contributed by atoms with Crippen LogP contribution in [0.2, 0.25) is 0 Å². The summed E-state index contributed by atoms with van der Waals surface area (Å²) >= 11 is 0. The molecule has 0 radical (unpaired) electrons. The fraction of sp³-hybridized carbons (Fsp3) is 0.667. The molecule has 0 aliphatic carbocycles. The number of carboxylic acid groups (broad SMARTS) is 1. The zero-order valence-electron chi connectivity index (χ0n) is 6.05. The smallest absolute Gasteiger partial charge is 0.315 e. The largest absolute Gasteiger partial charge is 0.481 e. The van der Waals surface area contributed by atoms with Gasteiger partial charge in [-0.25, -0.2) is 0 Å². The number of aliphatic carboxylic acids is 1. The standard InChI is InChI=1S/C6H11NO3/c1-3-10-5(7)4(2)6(8)9/h4,7H,3H2,1-2H3,(H,8,9). The number of nitrogens with one attached hydrogen (secondary N) is 1. The Morgan fingerprint density at radius 2 is 2.30 bits per heavy atom. The summed E-state index contributed by atoms with van der Waals surface area (Å²) in [5, 5.41) is 15.4. The molecule has 1 unspecified atom stereocenters. The molecule has 4 heteroatoms. The molecule has 1 atom stereocenters. The van der Waals surface area contributed by atoms with E-state index in [0.717, 1.165) is 0 Å². The minimum Gasteiger partial charge on any atom is -0.481 e. The molecule has 0 spiro atoms. The summed E-state index contributed by atoms with van der Waals surface area (Å²) in [6, 6.07) is 0. The summed E-state index contributed by atoms with van der Waals surface area (Å²) < 4.78 is 4.67. The number of hydrogen-bond donors (Lipinski definition) is 2. The van der Waals surface area contributed by atoms with Crippen LogP contribution < -0.4 is 0 Å². The van der Waals surface area contributed by atoms with Gasteiger partial charge in [-0.2, -0.15) is 0 Å². The monoisotopic (exact) mass is 145 g/mol. The van der Waals surface area contributed by atoms with Gasteiger partial charge in [0.15, 0.2) is 5.90 Å². The van der Waals surface area contributed by atoms with Crippen molar-refractivity contribution in [2.45, 2.75) is 13.8 Å². The molecule has 4 nitrogen and oxygen atoms in total. The molecule has 0 bridgehead atoms. The fourth-order valence-corrected chi connectivity index (χ4v) is 0.393. The SMILES string of the molecule is CCOC(=N)C(C)C(=O)O. The van der Waals surface area contributed by atoms with Crippen LogP contribution in [0, 0.1) is 11.3 Å². The van der Waals surface area contributed by atoms with E-state index in [4.69, 9.17) is 10.5 Å². The van der Waals surface area contributed by atoms with E-state index in [9.17, 15) is 4.79 Å². The maximum absolute atomic E-state index is 10.2. The van der Waals surface area contributed by atoms with Crippen molar-refractivity contribution in [1.29, 1.82) is 5.41 Å². The number of hydrogen-bond acceptors (Lipinski definition) is 3. The van der Waals surface area contributed by atoms with Gasteiger partial charge >= 0.3 is 5.97 Å². The molecule has 0 saturated carbocycles. The third-order valence-electron chi connectivity index (χ3n) is 1.06. The number of ether oxygens (including phenoxy) is 1. The van der Waals surface area contributed by atoms with Crippen molar-refractivity contribution in [3.8, 4) is 0 Å². The lowest BCUT2D eigenvalue weighted by Gasteiger charge is -2.07. The molecule has 10 heavy (non-hydrogen) atoms. The van der Waals surface area contributed by atoms with E-state index in [1.165, 1.54) is 6.92 Å². The van der Waals surface area contributed by atoms with Crippen molar-refractivity contribution in [1.82, 2.24) is 0 Å². The Morgan fingerprint density at radius 1 is 1.80 bits per heavy atom. The fourth-order valence-electron chi connectivity index (χ4n) is 0.393. The van der Waals surface area contributed by atoms with Crippen molar-refractivity contribution in [2.24, 2.45) is 5.92 Å². The van der Waals surface area contributed by atoms with Gasteiger partial charge in [0.1, 0.15) is 5.92 Å². The molecule has 0 rings (SSSR count). The summed E-state index contributed by atoms with van der Waals surface area (Å²) in [4.78, 5) is 10.2. The van der Waals surface area contributed by atoms with Crippen molar-refractivity contribution in [3.63, 3.8) is 0 Å². The maximum atomic E-state index is 10.2. The van der Waals surface area contributed by atoms with Gasteiger partial charge in [-0.3, -0.25) is 10.2 Å². The van der Waals surface area contributed by atoms with E-state index in [0.29, 0.717) is 6.61 Å². The molecule has 0 aromatic rings. The van der Waals surface area contributed by atoms with Gasteiger partial charge in [-0.05, 0) is 13.8 Å². The number of carbonyl (C=O) groups is 1. The second-order valence-electron chi connectivity index (χ2n) is 1.86. The minimum atomic E-state index is -1.03. The van der Waals surface area contributed by atoms with Crippen LogP contribution >= 0.6 is 0 Å². The predicted octanol–water partition coefficient (Wildman–Crippen LogP) is 0.721. The molecule has 0 fully saturated rings. The normalized spacial score (nSPS) is 12.2. The minimum absolute atomic E-state index is 0.185. The van der Waals surface area contributed by atoms with Gasteiger partial charge in [-0.15, -0.1) is 0 Å². The molecule has 0 aromatic heterocycles. The van der Waals surface area contributed by atoms with Crippen molar-refractivity contribution < 1.29 is 14.6 Å². The number of rotatable bonds is 3. The first-order valence-corrected chi connectivity index (χ1v) is 3.03. The maximum Gasteiger partial charge on any atom is 0.315 e. The van der Waals surface area contributed by atoms with Gasteiger partial charge in [0.2, 0.25) is 0 Å². The average Bonchev–Trinajstić information content (AvgIpc) is 1.87. The Morgan fingerprint density at radius 3 is 2.60 bits per heavy atom. The third-order valence-corrected chi connectivity index (χ3v) is 1.06. The quantitative estimate of drug-likeness (QED) is 0.454. The molecule has 58 valence electrons. The molecular weight excluding hydrogens is 134 g/mol. The third kappa shape index (κ3) is 2.48. The molecular formula is C6H11NO3. The molecule has 2 N–H and O–H groups in total. The van der Waals surface area contributed by atoms with E-state index in [2.05, 4.69) is 4.74 Å². The van der Waals surface area contributed by atoms with Crippen LogP contribution in [-0.4, -0.2) is 23.6 Å². The zero-order chi connectivity index (χ0) is 8.15. The number of carboxylic acids is 1. The summed E-state index contributed by atoms with van der Waals surface area (Å²) in [5.41, 5.74) is 0. The molecule has 0 amide bonds. The Bertz CT molecular complexity index is 144. The van der Waals surface area contributed by atoms with Crippen molar-refractivity contribution >= 4 is 11.9 Å². The van der Waals surface area contributed by atoms with Crippen LogP contribution in [0.1, 0.15) is 13.8 Å². The van der Waals surface area contributed by atoms with E-state index < -0.39 is 11.9 Å². The molecule has 0 saturated heterocycles. The highest BCUT2D eigenvalue weighted by Crippen LogP contribution is 1.97. The molecule has 0 heterocycles. The molecule has 0 aliphatic rings. The second kappa shape index (κ2) is 3.87. The van der Waals surface area contributed by atoms with E-state index in [1.54, 1.807) is 6.92 Å². The van der Waals surface area contributed by atoms with Gasteiger partial charge in [0.05, 0.1) is 6.61 Å². The summed E-state index contributed by atoms with van der Waals surface area (Å²) in [6.45, 7) is 3.47. The van der Waals surface area contributed by atoms with Gasteiger partial charge < -0.3 is 9.84 Å². The Hall–Kier alpha value is -1.06. The highest BCUT2D eigenvalue weighted by atomic mass is 16.5. The highest BCUT2D eigenvalue weighted by Gasteiger charge is 2.17. The summed E-state index contributed by atoms with van der Waals surface area (Å²) in [6.07, 6.45) is 0. The van der Waals surface area contributed by atoms with Crippen molar-refractivity contribution in [3.05, 3.63) is 0 Å². The van der Waals surface area contributed by atoms with Crippen LogP contribution in [0.15, 0.2) is 0 Å². The topological polar surface area (TPSA) is 70.4 Å². The first kappa shape index (κ1) is 8.94. The Labute approximate surface area is 59.3 Å². The molecule has 0 aliphatic heterocycles.